The van der Waals surface area contributed by atoms with Crippen molar-refractivity contribution < 1.29 is 4.74 Å². The van der Waals surface area contributed by atoms with Crippen LogP contribution in [-0.2, 0) is 0 Å². The smallest absolute Gasteiger partial charge is 0.249 e. The number of hydrogen-bond acceptors (Lipinski definition) is 6. The van der Waals surface area contributed by atoms with Crippen LogP contribution in [0.4, 0.5) is 23.1 Å². The van der Waals surface area contributed by atoms with Gasteiger partial charge in [0.15, 0.2) is 5.82 Å². The third kappa shape index (κ3) is 4.19. The molecule has 122 valence electrons. The number of hydrogen-bond donors (Lipinski definition) is 2. The van der Waals surface area contributed by atoms with Gasteiger partial charge >= 0.3 is 0 Å². The average molecular weight is 321 g/mol. The molecule has 0 bridgehead atoms. The Balaban J connectivity index is 1.78. The van der Waals surface area contributed by atoms with E-state index >= 15 is 0 Å². The van der Waals surface area contributed by atoms with E-state index in [4.69, 9.17) is 4.74 Å². The van der Waals surface area contributed by atoms with Gasteiger partial charge in [-0.15, -0.1) is 5.10 Å². The molecule has 3 rings (SSSR count). The molecule has 3 aromatic rings. The zero-order valence-corrected chi connectivity index (χ0v) is 13.6. The summed E-state index contributed by atoms with van der Waals surface area (Å²) in [4.78, 5) is 4.43. The zero-order valence-electron chi connectivity index (χ0n) is 13.6. The van der Waals surface area contributed by atoms with Crippen LogP contribution in [0.1, 0.15) is 13.8 Å². The summed E-state index contributed by atoms with van der Waals surface area (Å²) in [6, 6.07) is 17.5. The second-order valence-electron chi connectivity index (χ2n) is 5.44. The highest BCUT2D eigenvalue weighted by molar-refractivity contribution is 5.63. The molecule has 2 N–H and O–H groups in total. The van der Waals surface area contributed by atoms with Gasteiger partial charge in [-0.2, -0.15) is 10.1 Å². The van der Waals surface area contributed by atoms with Gasteiger partial charge in [0.1, 0.15) is 5.75 Å². The standard InChI is InChI=1S/C18H19N5O/c1-13(2)24-16-11-7-6-10-15(16)21-18-22-17(12-19-23-18)20-14-8-4-3-5-9-14/h3-13H,1-2H3,(H2,20,21,22,23). The highest BCUT2D eigenvalue weighted by Gasteiger charge is 2.08. The minimum Gasteiger partial charge on any atom is -0.489 e. The summed E-state index contributed by atoms with van der Waals surface area (Å²) in [7, 11) is 0. The van der Waals surface area contributed by atoms with Crippen molar-refractivity contribution in [2.24, 2.45) is 0 Å². The maximum absolute atomic E-state index is 5.79. The van der Waals surface area contributed by atoms with Crippen LogP contribution < -0.4 is 15.4 Å². The first kappa shape index (κ1) is 15.7. The Bertz CT molecular complexity index is 792. The lowest BCUT2D eigenvalue weighted by atomic mass is 10.3. The molecular formula is C18H19N5O. The average Bonchev–Trinajstić information content (AvgIpc) is 2.57. The highest BCUT2D eigenvalue weighted by Crippen LogP contribution is 2.27. The summed E-state index contributed by atoms with van der Waals surface area (Å²) in [6.07, 6.45) is 1.66. The van der Waals surface area contributed by atoms with E-state index in [0.29, 0.717) is 11.8 Å². The highest BCUT2D eigenvalue weighted by atomic mass is 16.5. The summed E-state index contributed by atoms with van der Waals surface area (Å²) in [5.41, 5.74) is 1.73. The summed E-state index contributed by atoms with van der Waals surface area (Å²) < 4.78 is 5.79. The maximum Gasteiger partial charge on any atom is 0.249 e. The quantitative estimate of drug-likeness (QED) is 0.711. The molecule has 0 spiro atoms. The zero-order chi connectivity index (χ0) is 16.8. The molecule has 0 aliphatic heterocycles. The molecule has 1 aromatic heterocycles. The number of aromatic nitrogens is 3. The molecule has 0 saturated heterocycles. The first-order chi connectivity index (χ1) is 11.7. The Kier molecular flexibility index (Phi) is 4.86. The molecule has 0 saturated carbocycles. The van der Waals surface area contributed by atoms with Crippen molar-refractivity contribution in [1.82, 2.24) is 15.2 Å². The summed E-state index contributed by atoms with van der Waals surface area (Å²) in [5, 5.41) is 14.4. The number of para-hydroxylation sites is 3. The Morgan fingerprint density at radius 3 is 2.46 bits per heavy atom. The fraction of sp³-hybridized carbons (Fsp3) is 0.167. The number of rotatable bonds is 6. The monoisotopic (exact) mass is 321 g/mol. The van der Waals surface area contributed by atoms with E-state index in [9.17, 15) is 0 Å². The Labute approximate surface area is 140 Å². The van der Waals surface area contributed by atoms with Gasteiger partial charge in [0.2, 0.25) is 5.95 Å². The molecule has 0 amide bonds. The number of anilines is 4. The van der Waals surface area contributed by atoms with Gasteiger partial charge in [0.05, 0.1) is 18.0 Å². The molecule has 2 aromatic carbocycles. The molecule has 0 fully saturated rings. The fourth-order valence-corrected chi connectivity index (χ4v) is 2.13. The topological polar surface area (TPSA) is 72.0 Å². The third-order valence-corrected chi connectivity index (χ3v) is 3.10. The molecule has 0 radical (unpaired) electrons. The lowest BCUT2D eigenvalue weighted by Gasteiger charge is -2.14. The van der Waals surface area contributed by atoms with Crippen molar-refractivity contribution >= 4 is 23.1 Å². The molecule has 0 aliphatic rings. The van der Waals surface area contributed by atoms with Crippen LogP contribution in [0.25, 0.3) is 0 Å². The van der Waals surface area contributed by atoms with Crippen LogP contribution in [0.2, 0.25) is 0 Å². The van der Waals surface area contributed by atoms with Crippen molar-refractivity contribution in [3.8, 4) is 5.75 Å². The molecule has 0 unspecified atom stereocenters. The number of nitrogens with one attached hydrogen (secondary N) is 2. The van der Waals surface area contributed by atoms with Crippen molar-refractivity contribution in [3.05, 3.63) is 60.8 Å². The van der Waals surface area contributed by atoms with Gasteiger partial charge < -0.3 is 15.4 Å². The van der Waals surface area contributed by atoms with Gasteiger partial charge in [-0.25, -0.2) is 0 Å². The van der Waals surface area contributed by atoms with Gasteiger partial charge in [0, 0.05) is 5.69 Å². The molecule has 0 aliphatic carbocycles. The Hall–Kier alpha value is -3.15. The molecule has 6 heteroatoms. The van der Waals surface area contributed by atoms with E-state index in [1.54, 1.807) is 6.20 Å². The summed E-state index contributed by atoms with van der Waals surface area (Å²) in [5.74, 6) is 1.76. The first-order valence-corrected chi connectivity index (χ1v) is 7.75. The van der Waals surface area contributed by atoms with Crippen LogP contribution in [0.3, 0.4) is 0 Å². The van der Waals surface area contributed by atoms with Crippen LogP contribution in [0.5, 0.6) is 5.75 Å². The number of ether oxygens (including phenoxy) is 1. The molecule has 0 atom stereocenters. The molecule has 24 heavy (non-hydrogen) atoms. The minimum absolute atomic E-state index is 0.0816. The minimum atomic E-state index is 0.0816. The second kappa shape index (κ2) is 7.41. The van der Waals surface area contributed by atoms with Gasteiger partial charge in [-0.05, 0) is 38.1 Å². The number of nitrogens with zero attached hydrogens (tertiary/aromatic N) is 3. The predicted molar refractivity (Wildman–Crippen MR) is 95.0 cm³/mol. The lowest BCUT2D eigenvalue weighted by molar-refractivity contribution is 0.244. The largest absolute Gasteiger partial charge is 0.489 e. The molecule has 1 heterocycles. The summed E-state index contributed by atoms with van der Waals surface area (Å²) >= 11 is 0. The first-order valence-electron chi connectivity index (χ1n) is 7.75. The SMILES string of the molecule is CC(C)Oc1ccccc1Nc1nncc(Nc2ccccc2)n1. The Morgan fingerprint density at radius 1 is 0.917 bits per heavy atom. The van der Waals surface area contributed by atoms with Crippen LogP contribution >= 0.6 is 0 Å². The Morgan fingerprint density at radius 2 is 1.67 bits per heavy atom. The van der Waals surface area contributed by atoms with Crippen molar-refractivity contribution in [1.29, 1.82) is 0 Å². The maximum atomic E-state index is 5.79. The van der Waals surface area contributed by atoms with Crippen molar-refractivity contribution in [2.75, 3.05) is 10.6 Å². The lowest BCUT2D eigenvalue weighted by Crippen LogP contribution is -2.08. The normalized spacial score (nSPS) is 10.5. The molecular weight excluding hydrogens is 302 g/mol. The van der Waals surface area contributed by atoms with Gasteiger partial charge in [0.25, 0.3) is 0 Å². The van der Waals surface area contributed by atoms with Gasteiger partial charge in [-0.1, -0.05) is 30.3 Å². The van der Waals surface area contributed by atoms with E-state index in [1.165, 1.54) is 0 Å². The van der Waals surface area contributed by atoms with Crippen molar-refractivity contribution in [3.63, 3.8) is 0 Å². The third-order valence-electron chi connectivity index (χ3n) is 3.10. The van der Waals surface area contributed by atoms with E-state index in [1.807, 2.05) is 68.4 Å². The molecule has 6 nitrogen and oxygen atoms in total. The fourth-order valence-electron chi connectivity index (χ4n) is 2.13. The van der Waals surface area contributed by atoms with Crippen LogP contribution in [-0.4, -0.2) is 21.3 Å². The van der Waals surface area contributed by atoms with Crippen molar-refractivity contribution in [2.45, 2.75) is 20.0 Å². The summed E-state index contributed by atoms with van der Waals surface area (Å²) in [6.45, 7) is 3.97. The van der Waals surface area contributed by atoms with E-state index in [2.05, 4.69) is 25.8 Å². The van der Waals surface area contributed by atoms with Crippen LogP contribution in [0, 0.1) is 0 Å². The second-order valence-corrected chi connectivity index (χ2v) is 5.44. The van der Waals surface area contributed by atoms with E-state index in [0.717, 1.165) is 17.1 Å². The van der Waals surface area contributed by atoms with E-state index < -0.39 is 0 Å². The predicted octanol–water partition coefficient (Wildman–Crippen LogP) is 4.15. The number of benzene rings is 2. The van der Waals surface area contributed by atoms with Crippen LogP contribution in [0.15, 0.2) is 60.8 Å². The van der Waals surface area contributed by atoms with E-state index in [-0.39, 0.29) is 6.10 Å². The van der Waals surface area contributed by atoms with Gasteiger partial charge in [-0.3, -0.25) is 0 Å².